The largest absolute Gasteiger partial charge is 0.497 e. The van der Waals surface area contributed by atoms with Crippen LogP contribution in [0.3, 0.4) is 0 Å². The van der Waals surface area contributed by atoms with Crippen LogP contribution in [0.25, 0.3) is 0 Å². The summed E-state index contributed by atoms with van der Waals surface area (Å²) in [6, 6.07) is 14.8. The van der Waals surface area contributed by atoms with Crippen LogP contribution in [0.4, 0.5) is 0 Å². The van der Waals surface area contributed by atoms with Gasteiger partial charge >= 0.3 is 0 Å². The van der Waals surface area contributed by atoms with Gasteiger partial charge in [-0.3, -0.25) is 4.79 Å². The Labute approximate surface area is 182 Å². The molecule has 2 aromatic carbocycles. The van der Waals surface area contributed by atoms with Crippen molar-refractivity contribution >= 4 is 11.6 Å². The van der Waals surface area contributed by atoms with Crippen LogP contribution in [0.15, 0.2) is 53.7 Å². The van der Waals surface area contributed by atoms with Gasteiger partial charge in [0.05, 0.1) is 33.1 Å². The number of hydrogen-bond donors (Lipinski definition) is 0. The predicted molar refractivity (Wildman–Crippen MR) is 116 cm³/mol. The first kappa shape index (κ1) is 22.4. The van der Waals surface area contributed by atoms with Crippen LogP contribution in [0, 0.1) is 0 Å². The van der Waals surface area contributed by atoms with Crippen LogP contribution < -0.4 is 14.2 Å². The van der Waals surface area contributed by atoms with E-state index in [1.165, 1.54) is 0 Å². The van der Waals surface area contributed by atoms with E-state index in [-0.39, 0.29) is 18.6 Å². The van der Waals surface area contributed by atoms with Gasteiger partial charge in [0.15, 0.2) is 6.61 Å². The quantitative estimate of drug-likeness (QED) is 0.451. The summed E-state index contributed by atoms with van der Waals surface area (Å²) in [5, 5.41) is 4.06. The van der Waals surface area contributed by atoms with Crippen molar-refractivity contribution in [1.29, 1.82) is 0 Å². The molecule has 1 aliphatic rings. The Bertz CT molecular complexity index is 867. The first-order chi connectivity index (χ1) is 15.1. The van der Waals surface area contributed by atoms with Crippen LogP contribution in [-0.4, -0.2) is 69.8 Å². The van der Waals surface area contributed by atoms with Gasteiger partial charge in [0.2, 0.25) is 0 Å². The number of benzene rings is 2. The molecule has 0 aliphatic carbocycles. The molecule has 1 unspecified atom stereocenters. The van der Waals surface area contributed by atoms with E-state index in [0.29, 0.717) is 32.0 Å². The molecule has 0 radical (unpaired) electrons. The van der Waals surface area contributed by atoms with Crippen LogP contribution in [0.2, 0.25) is 0 Å². The predicted octanol–water partition coefficient (Wildman–Crippen LogP) is 2.75. The van der Waals surface area contributed by atoms with Gasteiger partial charge in [0.25, 0.3) is 5.91 Å². The molecule has 31 heavy (non-hydrogen) atoms. The van der Waals surface area contributed by atoms with Crippen LogP contribution in [-0.2, 0) is 14.4 Å². The normalized spacial score (nSPS) is 16.5. The fourth-order valence-electron chi connectivity index (χ4n) is 3.07. The monoisotopic (exact) mass is 428 g/mol. The maximum absolute atomic E-state index is 12.5. The molecule has 1 aliphatic heterocycles. The Morgan fingerprint density at radius 2 is 1.65 bits per heavy atom. The first-order valence-corrected chi connectivity index (χ1v) is 10.1. The minimum Gasteiger partial charge on any atom is -0.497 e. The molecule has 0 bridgehead atoms. The summed E-state index contributed by atoms with van der Waals surface area (Å²) in [5.74, 6) is 2.12. The summed E-state index contributed by atoms with van der Waals surface area (Å²) >= 11 is 0. The average Bonchev–Trinajstić information content (AvgIpc) is 2.83. The van der Waals surface area contributed by atoms with Crippen molar-refractivity contribution in [3.05, 3.63) is 54.1 Å². The lowest BCUT2D eigenvalue weighted by atomic mass is 10.1. The van der Waals surface area contributed by atoms with E-state index >= 15 is 0 Å². The van der Waals surface area contributed by atoms with Crippen LogP contribution in [0.1, 0.15) is 12.5 Å². The SMILES string of the molecule is COc1ccc(OCC2CN(C(=O)CO/N=C(\C)c3ccc(OC)cc3)CCO2)cc1. The second-order valence-corrected chi connectivity index (χ2v) is 7.00. The Hall–Kier alpha value is -3.26. The third-order valence-corrected chi connectivity index (χ3v) is 4.88. The van der Waals surface area contributed by atoms with Crippen molar-refractivity contribution < 1.29 is 28.6 Å². The minimum absolute atomic E-state index is 0.125. The molecule has 1 amide bonds. The van der Waals surface area contributed by atoms with Gasteiger partial charge in [-0.25, -0.2) is 0 Å². The van der Waals surface area contributed by atoms with Gasteiger partial charge in [0, 0.05) is 6.54 Å². The number of ether oxygens (including phenoxy) is 4. The zero-order chi connectivity index (χ0) is 22.1. The Morgan fingerprint density at radius 1 is 1.03 bits per heavy atom. The van der Waals surface area contributed by atoms with Crippen molar-refractivity contribution in [2.24, 2.45) is 5.16 Å². The lowest BCUT2D eigenvalue weighted by molar-refractivity contribution is -0.144. The number of oxime groups is 1. The number of hydrogen-bond acceptors (Lipinski definition) is 7. The van der Waals surface area contributed by atoms with E-state index < -0.39 is 0 Å². The summed E-state index contributed by atoms with van der Waals surface area (Å²) in [6.07, 6.45) is -0.204. The van der Waals surface area contributed by atoms with Crippen molar-refractivity contribution in [3.63, 3.8) is 0 Å². The zero-order valence-electron chi connectivity index (χ0n) is 18.1. The molecule has 0 N–H and O–H groups in total. The molecule has 0 aromatic heterocycles. The van der Waals surface area contributed by atoms with Crippen LogP contribution >= 0.6 is 0 Å². The van der Waals surface area contributed by atoms with E-state index in [1.807, 2.05) is 55.5 Å². The van der Waals surface area contributed by atoms with Gasteiger partial charge in [-0.15, -0.1) is 0 Å². The number of nitrogens with zero attached hydrogens (tertiary/aromatic N) is 2. The number of carbonyl (C=O) groups is 1. The number of methoxy groups -OCH3 is 2. The molecular weight excluding hydrogens is 400 g/mol. The molecule has 8 nitrogen and oxygen atoms in total. The van der Waals surface area contributed by atoms with E-state index in [9.17, 15) is 4.79 Å². The molecular formula is C23H28N2O6. The number of amides is 1. The number of morpholine rings is 1. The van der Waals surface area contributed by atoms with E-state index in [2.05, 4.69) is 5.16 Å². The molecule has 3 rings (SSSR count). The van der Waals surface area contributed by atoms with Gasteiger partial charge < -0.3 is 28.7 Å². The second-order valence-electron chi connectivity index (χ2n) is 7.00. The molecule has 166 valence electrons. The minimum atomic E-state index is -0.204. The topological polar surface area (TPSA) is 78.8 Å². The van der Waals surface area contributed by atoms with E-state index in [4.69, 9.17) is 23.8 Å². The number of rotatable bonds is 9. The Morgan fingerprint density at radius 3 is 2.29 bits per heavy atom. The summed E-state index contributed by atoms with van der Waals surface area (Å²) in [7, 11) is 3.23. The lowest BCUT2D eigenvalue weighted by Gasteiger charge is -2.32. The van der Waals surface area contributed by atoms with Crippen molar-refractivity contribution in [1.82, 2.24) is 4.90 Å². The molecule has 8 heteroatoms. The van der Waals surface area contributed by atoms with Gasteiger partial charge in [-0.1, -0.05) is 5.16 Å². The molecule has 0 saturated carbocycles. The summed E-state index contributed by atoms with van der Waals surface area (Å²) in [5.41, 5.74) is 1.58. The van der Waals surface area contributed by atoms with Gasteiger partial charge in [-0.2, -0.15) is 0 Å². The fraction of sp³-hybridized carbons (Fsp3) is 0.391. The van der Waals surface area contributed by atoms with E-state index in [1.54, 1.807) is 19.1 Å². The maximum Gasteiger partial charge on any atom is 0.263 e. The molecule has 1 atom stereocenters. The highest BCUT2D eigenvalue weighted by molar-refractivity contribution is 5.98. The second kappa shape index (κ2) is 11.2. The summed E-state index contributed by atoms with van der Waals surface area (Å²) in [6.45, 7) is 3.47. The third kappa shape index (κ3) is 6.62. The molecule has 0 spiro atoms. The number of carbonyl (C=O) groups excluding carboxylic acids is 1. The van der Waals surface area contributed by atoms with Crippen molar-refractivity contribution in [2.75, 3.05) is 47.1 Å². The first-order valence-electron chi connectivity index (χ1n) is 10.1. The Balaban J connectivity index is 1.44. The van der Waals surface area contributed by atoms with Gasteiger partial charge in [-0.05, 0) is 61.0 Å². The lowest BCUT2D eigenvalue weighted by Crippen LogP contribution is -2.48. The zero-order valence-corrected chi connectivity index (χ0v) is 18.1. The Kier molecular flexibility index (Phi) is 8.12. The molecule has 2 aromatic rings. The van der Waals surface area contributed by atoms with Gasteiger partial charge in [0.1, 0.15) is 30.0 Å². The summed E-state index contributed by atoms with van der Waals surface area (Å²) < 4.78 is 21.8. The highest BCUT2D eigenvalue weighted by Crippen LogP contribution is 2.18. The summed E-state index contributed by atoms with van der Waals surface area (Å²) in [4.78, 5) is 19.5. The highest BCUT2D eigenvalue weighted by Gasteiger charge is 2.25. The van der Waals surface area contributed by atoms with Crippen LogP contribution in [0.5, 0.6) is 17.2 Å². The highest BCUT2D eigenvalue weighted by atomic mass is 16.6. The third-order valence-electron chi connectivity index (χ3n) is 4.88. The van der Waals surface area contributed by atoms with Crippen molar-refractivity contribution in [2.45, 2.75) is 13.0 Å². The van der Waals surface area contributed by atoms with E-state index in [0.717, 1.165) is 22.8 Å². The maximum atomic E-state index is 12.5. The molecule has 1 saturated heterocycles. The van der Waals surface area contributed by atoms with Crippen molar-refractivity contribution in [3.8, 4) is 17.2 Å². The fourth-order valence-corrected chi connectivity index (χ4v) is 3.07. The molecule has 1 fully saturated rings. The average molecular weight is 428 g/mol. The molecule has 1 heterocycles. The smallest absolute Gasteiger partial charge is 0.263 e. The standard InChI is InChI=1S/C23H28N2O6/c1-17(18-4-6-19(27-2)7-5-18)24-31-16-23(26)25-12-13-29-22(14-25)15-30-21-10-8-20(28-3)9-11-21/h4-11,22H,12-16H2,1-3H3/b24-17+.